The fourth-order valence-corrected chi connectivity index (χ4v) is 1.92. The molecule has 1 aromatic carbocycles. The van der Waals surface area contributed by atoms with Gasteiger partial charge < -0.3 is 5.11 Å². The zero-order valence-electron chi connectivity index (χ0n) is 11.0. The molecule has 0 bridgehead atoms. The first-order valence-electron chi connectivity index (χ1n) is 6.53. The molecule has 0 fully saturated rings. The van der Waals surface area contributed by atoms with Crippen LogP contribution in [0.4, 0.5) is 0 Å². The largest absolute Gasteiger partial charge is 0.391 e. The van der Waals surface area contributed by atoms with Gasteiger partial charge in [0.15, 0.2) is 0 Å². The molecule has 1 N–H and O–H groups in total. The molecule has 0 atom stereocenters. The fourth-order valence-electron chi connectivity index (χ4n) is 1.92. The number of unbranched alkanes of at least 4 members (excludes halogenated alkanes) is 1. The molecule has 0 saturated carbocycles. The fraction of sp³-hybridized carbons (Fsp3) is 0.333. The highest BCUT2D eigenvalue weighted by Gasteiger charge is 2.08. The lowest BCUT2D eigenvalue weighted by molar-refractivity contribution is 0.278. The van der Waals surface area contributed by atoms with Crippen molar-refractivity contribution in [1.82, 2.24) is 9.78 Å². The number of aromatic nitrogens is 2. The molecule has 0 spiro atoms. The van der Waals surface area contributed by atoms with Gasteiger partial charge in [-0.2, -0.15) is 5.10 Å². The average molecular weight is 258 g/mol. The van der Waals surface area contributed by atoms with Crippen LogP contribution in [0.5, 0.6) is 0 Å². The maximum Gasteiger partial charge on any atom is 0.272 e. The zero-order valence-corrected chi connectivity index (χ0v) is 11.0. The van der Waals surface area contributed by atoms with Crippen molar-refractivity contribution in [3.05, 3.63) is 52.3 Å². The van der Waals surface area contributed by atoms with Crippen molar-refractivity contribution in [2.45, 2.75) is 32.9 Å². The van der Waals surface area contributed by atoms with Gasteiger partial charge in [0.05, 0.1) is 12.3 Å². The Bertz CT molecular complexity index is 591. The Balaban J connectivity index is 2.48. The molecule has 0 aliphatic rings. The molecular weight excluding hydrogens is 240 g/mol. The van der Waals surface area contributed by atoms with Crippen LogP contribution in [0.1, 0.15) is 25.3 Å². The second-order valence-corrected chi connectivity index (χ2v) is 4.46. The zero-order chi connectivity index (χ0) is 13.7. The summed E-state index contributed by atoms with van der Waals surface area (Å²) in [6.45, 7) is 2.40. The van der Waals surface area contributed by atoms with E-state index in [9.17, 15) is 9.90 Å². The van der Waals surface area contributed by atoms with E-state index in [0.29, 0.717) is 12.1 Å². The van der Waals surface area contributed by atoms with E-state index < -0.39 is 0 Å². The van der Waals surface area contributed by atoms with E-state index in [4.69, 9.17) is 0 Å². The van der Waals surface area contributed by atoms with Crippen LogP contribution in [0.15, 0.2) is 41.2 Å². The predicted octanol–water partition coefficient (Wildman–Crippen LogP) is 2.20. The maximum absolute atomic E-state index is 12.0. The SMILES string of the molecule is CCCCn1nc(-c2ccccc2)cc(CO)c1=O. The Kier molecular flexibility index (Phi) is 4.47. The van der Waals surface area contributed by atoms with E-state index in [1.807, 2.05) is 30.3 Å². The number of benzene rings is 1. The first kappa shape index (κ1) is 13.5. The van der Waals surface area contributed by atoms with Gasteiger partial charge in [-0.05, 0) is 12.5 Å². The Morgan fingerprint density at radius 3 is 2.63 bits per heavy atom. The molecule has 0 radical (unpaired) electrons. The lowest BCUT2D eigenvalue weighted by atomic mass is 10.1. The third kappa shape index (κ3) is 3.09. The Hall–Kier alpha value is -1.94. The van der Waals surface area contributed by atoms with Crippen LogP contribution in [0.2, 0.25) is 0 Å². The van der Waals surface area contributed by atoms with Gasteiger partial charge in [0.1, 0.15) is 0 Å². The predicted molar refractivity (Wildman–Crippen MR) is 74.8 cm³/mol. The topological polar surface area (TPSA) is 55.1 Å². The second kappa shape index (κ2) is 6.29. The molecule has 1 aromatic heterocycles. The minimum atomic E-state index is -0.257. The summed E-state index contributed by atoms with van der Waals surface area (Å²) < 4.78 is 1.46. The summed E-state index contributed by atoms with van der Waals surface area (Å²) in [4.78, 5) is 12.0. The Morgan fingerprint density at radius 2 is 2.00 bits per heavy atom. The van der Waals surface area contributed by atoms with Gasteiger partial charge in [-0.25, -0.2) is 4.68 Å². The van der Waals surface area contributed by atoms with Crippen molar-refractivity contribution in [1.29, 1.82) is 0 Å². The van der Waals surface area contributed by atoms with Crippen LogP contribution >= 0.6 is 0 Å². The van der Waals surface area contributed by atoms with Crippen LogP contribution in [-0.2, 0) is 13.2 Å². The van der Waals surface area contributed by atoms with Crippen molar-refractivity contribution < 1.29 is 5.11 Å². The van der Waals surface area contributed by atoms with Gasteiger partial charge >= 0.3 is 0 Å². The molecule has 4 heteroatoms. The molecular formula is C15H18N2O2. The van der Waals surface area contributed by atoms with E-state index in [1.54, 1.807) is 6.07 Å². The van der Waals surface area contributed by atoms with Gasteiger partial charge in [0.2, 0.25) is 0 Å². The summed E-state index contributed by atoms with van der Waals surface area (Å²) in [6, 6.07) is 11.3. The average Bonchev–Trinajstić information content (AvgIpc) is 2.47. The van der Waals surface area contributed by atoms with Crippen molar-refractivity contribution >= 4 is 0 Å². The number of nitrogens with zero attached hydrogens (tertiary/aromatic N) is 2. The molecule has 2 aromatic rings. The lowest BCUT2D eigenvalue weighted by Gasteiger charge is -2.09. The molecule has 0 unspecified atom stereocenters. The summed E-state index contributed by atoms with van der Waals surface area (Å²) in [6.07, 6.45) is 1.90. The summed E-state index contributed by atoms with van der Waals surface area (Å²) in [5.41, 5.74) is 1.86. The minimum absolute atomic E-state index is 0.198. The van der Waals surface area contributed by atoms with Gasteiger partial charge in [0.25, 0.3) is 5.56 Å². The molecule has 0 aliphatic heterocycles. The number of hydrogen-bond acceptors (Lipinski definition) is 3. The van der Waals surface area contributed by atoms with Gasteiger partial charge in [0, 0.05) is 17.7 Å². The molecule has 2 rings (SSSR count). The van der Waals surface area contributed by atoms with E-state index in [-0.39, 0.29) is 12.2 Å². The first-order chi connectivity index (χ1) is 9.26. The number of rotatable bonds is 5. The number of aryl methyl sites for hydroxylation is 1. The highest BCUT2D eigenvalue weighted by atomic mass is 16.3. The summed E-state index contributed by atoms with van der Waals surface area (Å²) in [5.74, 6) is 0. The highest BCUT2D eigenvalue weighted by Crippen LogP contribution is 2.15. The first-order valence-corrected chi connectivity index (χ1v) is 6.53. The van der Waals surface area contributed by atoms with E-state index in [0.717, 1.165) is 24.1 Å². The lowest BCUT2D eigenvalue weighted by Crippen LogP contribution is -2.26. The number of aliphatic hydroxyl groups is 1. The van der Waals surface area contributed by atoms with E-state index in [1.165, 1.54) is 4.68 Å². The Morgan fingerprint density at radius 1 is 1.26 bits per heavy atom. The summed E-state index contributed by atoms with van der Waals surface area (Å²) >= 11 is 0. The molecule has 19 heavy (non-hydrogen) atoms. The standard InChI is InChI=1S/C15H18N2O2/c1-2-3-9-17-15(19)13(11-18)10-14(16-17)12-7-5-4-6-8-12/h4-8,10,18H,2-3,9,11H2,1H3. The third-order valence-corrected chi connectivity index (χ3v) is 3.01. The third-order valence-electron chi connectivity index (χ3n) is 3.01. The van der Waals surface area contributed by atoms with Crippen molar-refractivity contribution in [2.75, 3.05) is 0 Å². The van der Waals surface area contributed by atoms with Crippen LogP contribution in [0.3, 0.4) is 0 Å². The molecule has 0 saturated heterocycles. The van der Waals surface area contributed by atoms with E-state index >= 15 is 0 Å². The number of aliphatic hydroxyl groups excluding tert-OH is 1. The molecule has 1 heterocycles. The van der Waals surface area contributed by atoms with Gasteiger partial charge in [-0.1, -0.05) is 43.7 Å². The van der Waals surface area contributed by atoms with Crippen LogP contribution in [0, 0.1) is 0 Å². The molecule has 4 nitrogen and oxygen atoms in total. The molecule has 0 aliphatic carbocycles. The van der Waals surface area contributed by atoms with Crippen molar-refractivity contribution in [2.24, 2.45) is 0 Å². The maximum atomic E-state index is 12.0. The van der Waals surface area contributed by atoms with Crippen LogP contribution < -0.4 is 5.56 Å². The second-order valence-electron chi connectivity index (χ2n) is 4.46. The monoisotopic (exact) mass is 258 g/mol. The van der Waals surface area contributed by atoms with Crippen molar-refractivity contribution in [3.63, 3.8) is 0 Å². The highest BCUT2D eigenvalue weighted by molar-refractivity contribution is 5.58. The summed E-state index contributed by atoms with van der Waals surface area (Å²) in [7, 11) is 0. The Labute approximate surface area is 112 Å². The quantitative estimate of drug-likeness (QED) is 0.894. The van der Waals surface area contributed by atoms with Gasteiger partial charge in [-0.3, -0.25) is 4.79 Å². The molecule has 0 amide bonds. The smallest absolute Gasteiger partial charge is 0.272 e. The van der Waals surface area contributed by atoms with Crippen LogP contribution in [0.25, 0.3) is 11.3 Å². The van der Waals surface area contributed by atoms with Crippen molar-refractivity contribution in [3.8, 4) is 11.3 Å². The normalized spacial score (nSPS) is 10.6. The minimum Gasteiger partial charge on any atom is -0.391 e. The summed E-state index contributed by atoms with van der Waals surface area (Å²) in [5, 5.41) is 13.7. The molecule has 100 valence electrons. The van der Waals surface area contributed by atoms with E-state index in [2.05, 4.69) is 12.0 Å². The number of hydrogen-bond donors (Lipinski definition) is 1. The van der Waals surface area contributed by atoms with Gasteiger partial charge in [-0.15, -0.1) is 0 Å². The van der Waals surface area contributed by atoms with Crippen LogP contribution in [-0.4, -0.2) is 14.9 Å².